The lowest BCUT2D eigenvalue weighted by molar-refractivity contribution is -0.150. The van der Waals surface area contributed by atoms with Gasteiger partial charge in [-0.15, -0.1) is 0 Å². The summed E-state index contributed by atoms with van der Waals surface area (Å²) in [5.74, 6) is 11.5. The minimum Gasteiger partial charge on any atom is -0.462 e. The van der Waals surface area contributed by atoms with Gasteiger partial charge in [-0.1, -0.05) is 136 Å². The van der Waals surface area contributed by atoms with Crippen molar-refractivity contribution in [1.82, 2.24) is 4.90 Å². The van der Waals surface area contributed by atoms with Gasteiger partial charge in [0.15, 0.2) is 0 Å². The lowest BCUT2D eigenvalue weighted by atomic mass is 9.94. The standard InChI is InChI=1S/C47H85NO2/c1-5-7-17-24-36-32-39(36)34-40-33-37(40)25-19-13-9-10-14-20-27-41(50-44(49)30-23-31-48(3)4)28-21-15-11-12-16-22-29-42-45-46(42)47(45)43-35-38(43)26-18-8-6-2/h36-43,45-47H,5-35H2,1-4H3. The summed E-state index contributed by atoms with van der Waals surface area (Å²) in [6.07, 6.45) is 41.2. The molecule has 9 atom stereocenters. The third-order valence-electron chi connectivity index (χ3n) is 14.6. The summed E-state index contributed by atoms with van der Waals surface area (Å²) < 4.78 is 6.08. The van der Waals surface area contributed by atoms with E-state index in [9.17, 15) is 4.79 Å². The van der Waals surface area contributed by atoms with Gasteiger partial charge in [-0.3, -0.25) is 4.79 Å². The molecule has 3 nitrogen and oxygen atoms in total. The van der Waals surface area contributed by atoms with Crippen molar-refractivity contribution in [1.29, 1.82) is 0 Å². The Morgan fingerprint density at radius 2 is 1.06 bits per heavy atom. The number of hydrogen-bond acceptors (Lipinski definition) is 3. The van der Waals surface area contributed by atoms with Crippen LogP contribution in [0.1, 0.15) is 206 Å². The zero-order valence-electron chi connectivity index (χ0n) is 34.0. The number of ether oxygens (including phenoxy) is 1. The minimum atomic E-state index is 0.0398. The number of esters is 1. The van der Waals surface area contributed by atoms with Crippen LogP contribution in [0.25, 0.3) is 0 Å². The lowest BCUT2D eigenvalue weighted by Crippen LogP contribution is -2.20. The van der Waals surface area contributed by atoms with E-state index >= 15 is 0 Å². The smallest absolute Gasteiger partial charge is 0.306 e. The molecule has 0 aromatic carbocycles. The number of unbranched alkanes of at least 4 members (excludes halogenated alkanes) is 14. The van der Waals surface area contributed by atoms with Crippen LogP contribution >= 0.6 is 0 Å². The summed E-state index contributed by atoms with van der Waals surface area (Å²) in [5.41, 5.74) is 0. The van der Waals surface area contributed by atoms with Crippen molar-refractivity contribution in [2.24, 2.45) is 59.2 Å². The van der Waals surface area contributed by atoms with Gasteiger partial charge in [0, 0.05) is 6.42 Å². The molecule has 50 heavy (non-hydrogen) atoms. The van der Waals surface area contributed by atoms with E-state index in [1.807, 2.05) is 0 Å². The molecular weight excluding hydrogens is 611 g/mol. The molecular formula is C47H85NO2. The predicted octanol–water partition coefficient (Wildman–Crippen LogP) is 13.4. The average Bonchev–Trinajstić information content (AvgIpc) is 3.84. The van der Waals surface area contributed by atoms with Gasteiger partial charge in [0.2, 0.25) is 0 Å². The minimum absolute atomic E-state index is 0.0398. The number of carbonyl (C=O) groups is 1. The average molecular weight is 696 g/mol. The first kappa shape index (κ1) is 40.6. The highest BCUT2D eigenvalue weighted by Crippen LogP contribution is 2.80. The molecule has 0 aromatic rings. The summed E-state index contributed by atoms with van der Waals surface area (Å²) >= 11 is 0. The number of rotatable bonds is 34. The van der Waals surface area contributed by atoms with E-state index in [4.69, 9.17) is 4.74 Å². The van der Waals surface area contributed by atoms with Crippen molar-refractivity contribution in [2.45, 2.75) is 213 Å². The van der Waals surface area contributed by atoms with Crippen LogP contribution in [0.15, 0.2) is 0 Å². The van der Waals surface area contributed by atoms with Gasteiger partial charge in [0.05, 0.1) is 0 Å². The maximum Gasteiger partial charge on any atom is 0.306 e. The highest BCUT2D eigenvalue weighted by molar-refractivity contribution is 5.69. The summed E-state index contributed by atoms with van der Waals surface area (Å²) in [6.45, 7) is 5.62. The van der Waals surface area contributed by atoms with Gasteiger partial charge in [-0.2, -0.15) is 0 Å². The zero-order chi connectivity index (χ0) is 35.1. The predicted molar refractivity (Wildman–Crippen MR) is 213 cm³/mol. The summed E-state index contributed by atoms with van der Waals surface area (Å²) in [6, 6.07) is 0. The van der Waals surface area contributed by atoms with E-state index < -0.39 is 0 Å². The van der Waals surface area contributed by atoms with E-state index in [2.05, 4.69) is 32.8 Å². The molecule has 3 heteroatoms. The molecule has 5 fully saturated rings. The van der Waals surface area contributed by atoms with E-state index in [0.717, 1.165) is 61.3 Å². The van der Waals surface area contributed by atoms with Crippen LogP contribution in [0.3, 0.4) is 0 Å². The third-order valence-corrected chi connectivity index (χ3v) is 14.6. The highest BCUT2D eigenvalue weighted by atomic mass is 16.5. The van der Waals surface area contributed by atoms with Gasteiger partial charge in [-0.05, 0) is 144 Å². The van der Waals surface area contributed by atoms with Gasteiger partial charge < -0.3 is 9.64 Å². The molecule has 0 saturated heterocycles. The first-order chi connectivity index (χ1) is 24.5. The summed E-state index contributed by atoms with van der Waals surface area (Å²) in [4.78, 5) is 14.8. The first-order valence-electron chi connectivity index (χ1n) is 23.3. The second-order valence-corrected chi connectivity index (χ2v) is 19.2. The zero-order valence-corrected chi connectivity index (χ0v) is 34.0. The topological polar surface area (TPSA) is 29.5 Å². The monoisotopic (exact) mass is 696 g/mol. The molecule has 0 bridgehead atoms. The van der Waals surface area contributed by atoms with Crippen LogP contribution in [-0.2, 0) is 9.53 Å². The van der Waals surface area contributed by atoms with Gasteiger partial charge >= 0.3 is 5.97 Å². The quantitative estimate of drug-likeness (QED) is 0.0496. The van der Waals surface area contributed by atoms with Crippen LogP contribution in [0.4, 0.5) is 0 Å². The number of fused-ring (bicyclic) bond motifs is 1. The van der Waals surface area contributed by atoms with Crippen molar-refractivity contribution in [3.05, 3.63) is 0 Å². The van der Waals surface area contributed by atoms with E-state index in [1.165, 1.54) is 159 Å². The van der Waals surface area contributed by atoms with Crippen LogP contribution < -0.4 is 0 Å². The van der Waals surface area contributed by atoms with Crippen LogP contribution in [0, 0.1) is 59.2 Å². The fraction of sp³-hybridized carbons (Fsp3) is 0.979. The SMILES string of the molecule is CCCCCC1CC1CC1CC1CCCCCCCCC(CCCCCCCCC1C2C(C3CC3CCCCC)C12)OC(=O)CCCN(C)C. The molecule has 0 amide bonds. The van der Waals surface area contributed by atoms with Crippen molar-refractivity contribution >= 4 is 5.97 Å². The van der Waals surface area contributed by atoms with Gasteiger partial charge in [0.1, 0.15) is 6.10 Å². The van der Waals surface area contributed by atoms with Crippen molar-refractivity contribution < 1.29 is 9.53 Å². The van der Waals surface area contributed by atoms with Gasteiger partial charge in [0.25, 0.3) is 0 Å². The molecule has 9 unspecified atom stereocenters. The molecule has 0 N–H and O–H groups in total. The fourth-order valence-electron chi connectivity index (χ4n) is 10.9. The molecule has 290 valence electrons. The summed E-state index contributed by atoms with van der Waals surface area (Å²) in [5, 5.41) is 0. The largest absolute Gasteiger partial charge is 0.462 e. The van der Waals surface area contributed by atoms with Gasteiger partial charge in [-0.25, -0.2) is 0 Å². The lowest BCUT2D eigenvalue weighted by Gasteiger charge is -2.18. The first-order valence-corrected chi connectivity index (χ1v) is 23.3. The molecule has 0 spiro atoms. The molecule has 5 aliphatic carbocycles. The van der Waals surface area contributed by atoms with Crippen LogP contribution in [0.2, 0.25) is 0 Å². The van der Waals surface area contributed by atoms with Crippen molar-refractivity contribution in [2.75, 3.05) is 20.6 Å². The van der Waals surface area contributed by atoms with Crippen LogP contribution in [0.5, 0.6) is 0 Å². The Kier molecular flexibility index (Phi) is 17.8. The molecule has 5 saturated carbocycles. The Balaban J connectivity index is 0.823. The highest BCUT2D eigenvalue weighted by Gasteiger charge is 2.76. The molecule has 5 aliphatic rings. The van der Waals surface area contributed by atoms with Crippen molar-refractivity contribution in [3.8, 4) is 0 Å². The maximum atomic E-state index is 12.6. The number of nitrogens with zero attached hydrogens (tertiary/aromatic N) is 1. The molecule has 5 rings (SSSR count). The van der Waals surface area contributed by atoms with E-state index in [0.29, 0.717) is 6.42 Å². The van der Waals surface area contributed by atoms with Crippen molar-refractivity contribution in [3.63, 3.8) is 0 Å². The molecule has 0 heterocycles. The second kappa shape index (κ2) is 22.0. The number of carbonyl (C=O) groups excluding carboxylic acids is 1. The normalized spacial score (nSPS) is 32.2. The Morgan fingerprint density at radius 1 is 0.560 bits per heavy atom. The van der Waals surface area contributed by atoms with Crippen LogP contribution in [-0.4, -0.2) is 37.6 Å². The summed E-state index contributed by atoms with van der Waals surface area (Å²) in [7, 11) is 4.16. The number of hydrogen-bond donors (Lipinski definition) is 0. The Bertz CT molecular complexity index is 901. The maximum absolute atomic E-state index is 12.6. The van der Waals surface area contributed by atoms with E-state index in [-0.39, 0.29) is 12.1 Å². The van der Waals surface area contributed by atoms with E-state index in [1.54, 1.807) is 32.1 Å². The second-order valence-electron chi connectivity index (χ2n) is 19.2. The Labute approximate surface area is 312 Å². The molecule has 0 aliphatic heterocycles. The molecule has 0 aromatic heterocycles. The third kappa shape index (κ3) is 14.7. The Hall–Kier alpha value is -0.570. The fourth-order valence-corrected chi connectivity index (χ4v) is 10.9. The molecule has 0 radical (unpaired) electrons. The Morgan fingerprint density at radius 3 is 1.62 bits per heavy atom.